The second kappa shape index (κ2) is 9.02. The second-order valence-corrected chi connectivity index (χ2v) is 7.70. The van der Waals surface area contributed by atoms with Gasteiger partial charge in [-0.1, -0.05) is 43.3 Å². The van der Waals surface area contributed by atoms with Crippen molar-refractivity contribution < 1.29 is 4.79 Å². The number of hydrogen-bond donors (Lipinski definition) is 1. The summed E-state index contributed by atoms with van der Waals surface area (Å²) in [6.45, 7) is 5.87. The summed E-state index contributed by atoms with van der Waals surface area (Å²) in [6, 6.07) is 20.8. The third-order valence-corrected chi connectivity index (χ3v) is 5.57. The molecule has 0 aliphatic heterocycles. The molecule has 0 unspecified atom stereocenters. The van der Waals surface area contributed by atoms with Crippen LogP contribution in [0.15, 0.2) is 83.9 Å². The van der Waals surface area contributed by atoms with Gasteiger partial charge in [0, 0.05) is 41.1 Å². The lowest BCUT2D eigenvalue weighted by Gasteiger charge is -2.21. The Kier molecular flexibility index (Phi) is 5.99. The number of rotatable bonds is 5. The fourth-order valence-electron chi connectivity index (χ4n) is 4.02. The van der Waals surface area contributed by atoms with Gasteiger partial charge in [-0.2, -0.15) is 0 Å². The molecule has 5 nitrogen and oxygen atoms in total. The molecule has 0 fully saturated rings. The molecule has 0 saturated heterocycles. The number of carbonyl (C=O) groups excluding carboxylic acids is 1. The van der Waals surface area contributed by atoms with Crippen molar-refractivity contribution in [2.24, 2.45) is 0 Å². The zero-order valence-corrected chi connectivity index (χ0v) is 18.4. The van der Waals surface area contributed by atoms with E-state index in [-0.39, 0.29) is 11.0 Å². The zero-order valence-electron chi connectivity index (χ0n) is 18.4. The Balaban J connectivity index is 1.97. The van der Waals surface area contributed by atoms with Gasteiger partial charge >= 0.3 is 0 Å². The molecule has 1 amide bonds. The second-order valence-electron chi connectivity index (χ2n) is 7.70. The Hall–Kier alpha value is -3.99. The Bertz CT molecular complexity index is 1330. The van der Waals surface area contributed by atoms with Crippen LogP contribution in [-0.4, -0.2) is 15.5 Å². The molecule has 0 aliphatic rings. The third kappa shape index (κ3) is 3.97. The van der Waals surface area contributed by atoms with Crippen LogP contribution in [0.3, 0.4) is 0 Å². The molecule has 1 N–H and O–H groups in total. The molecule has 2 aromatic carbocycles. The molecular formula is C27H25N3O2. The van der Waals surface area contributed by atoms with Crippen molar-refractivity contribution in [3.05, 3.63) is 112 Å². The zero-order chi connectivity index (χ0) is 22.7. The number of hydrogen-bond acceptors (Lipinski definition) is 3. The van der Waals surface area contributed by atoms with Crippen LogP contribution < -0.4 is 10.7 Å². The predicted molar refractivity (Wildman–Crippen MR) is 129 cm³/mol. The van der Waals surface area contributed by atoms with Gasteiger partial charge in [0.2, 0.25) is 0 Å². The monoisotopic (exact) mass is 423 g/mol. The molecule has 0 atom stereocenters. The van der Waals surface area contributed by atoms with Gasteiger partial charge in [-0.15, -0.1) is 0 Å². The molecule has 2 aromatic heterocycles. The first-order valence-corrected chi connectivity index (χ1v) is 10.6. The van der Waals surface area contributed by atoms with E-state index in [2.05, 4.69) is 10.3 Å². The lowest BCUT2D eigenvalue weighted by atomic mass is 10.0. The summed E-state index contributed by atoms with van der Waals surface area (Å²) in [5.41, 5.74) is 5.44. The summed E-state index contributed by atoms with van der Waals surface area (Å²) >= 11 is 0. The van der Waals surface area contributed by atoms with E-state index in [1.54, 1.807) is 12.4 Å². The molecule has 2 heterocycles. The van der Waals surface area contributed by atoms with E-state index in [0.717, 1.165) is 40.2 Å². The van der Waals surface area contributed by atoms with E-state index in [1.165, 1.54) is 6.07 Å². The van der Waals surface area contributed by atoms with E-state index >= 15 is 0 Å². The van der Waals surface area contributed by atoms with Crippen molar-refractivity contribution >= 4 is 11.6 Å². The van der Waals surface area contributed by atoms with Crippen LogP contribution in [0, 0.1) is 13.8 Å². The topological polar surface area (TPSA) is 64.0 Å². The van der Waals surface area contributed by atoms with Crippen LogP contribution in [0.2, 0.25) is 0 Å². The molecule has 4 rings (SSSR count). The fourth-order valence-corrected chi connectivity index (χ4v) is 4.02. The normalized spacial score (nSPS) is 10.7. The first kappa shape index (κ1) is 21.2. The van der Waals surface area contributed by atoms with Crippen LogP contribution in [0.4, 0.5) is 5.69 Å². The molecular weight excluding hydrogens is 398 g/mol. The van der Waals surface area contributed by atoms with Crippen molar-refractivity contribution in [1.29, 1.82) is 0 Å². The average molecular weight is 424 g/mol. The number of aryl methyl sites for hydroxylation is 3. The molecule has 5 heteroatoms. The summed E-state index contributed by atoms with van der Waals surface area (Å²) in [5, 5.41) is 3.03. The number of benzene rings is 2. The molecule has 0 spiro atoms. The van der Waals surface area contributed by atoms with Gasteiger partial charge in [0.1, 0.15) is 5.56 Å². The van der Waals surface area contributed by atoms with Crippen LogP contribution in [0.25, 0.3) is 16.9 Å². The van der Waals surface area contributed by atoms with Gasteiger partial charge in [-0.25, -0.2) is 0 Å². The Morgan fingerprint density at radius 3 is 2.38 bits per heavy atom. The molecule has 0 radical (unpaired) electrons. The van der Waals surface area contributed by atoms with E-state index in [4.69, 9.17) is 0 Å². The molecule has 4 aromatic rings. The first-order valence-electron chi connectivity index (χ1n) is 10.6. The lowest BCUT2D eigenvalue weighted by Crippen LogP contribution is -2.27. The lowest BCUT2D eigenvalue weighted by molar-refractivity contribution is 0.102. The third-order valence-electron chi connectivity index (χ3n) is 5.57. The summed E-state index contributed by atoms with van der Waals surface area (Å²) in [6.07, 6.45) is 4.10. The highest BCUT2D eigenvalue weighted by molar-refractivity contribution is 6.09. The van der Waals surface area contributed by atoms with Crippen LogP contribution in [-0.2, 0) is 6.42 Å². The Morgan fingerprint density at radius 1 is 0.969 bits per heavy atom. The van der Waals surface area contributed by atoms with Crippen molar-refractivity contribution in [1.82, 2.24) is 9.55 Å². The predicted octanol–water partition coefficient (Wildman–Crippen LogP) is 5.33. The van der Waals surface area contributed by atoms with E-state index in [0.29, 0.717) is 5.69 Å². The van der Waals surface area contributed by atoms with Gasteiger partial charge < -0.3 is 9.88 Å². The molecule has 0 aliphatic carbocycles. The van der Waals surface area contributed by atoms with Crippen molar-refractivity contribution in [2.45, 2.75) is 27.2 Å². The van der Waals surface area contributed by atoms with Crippen LogP contribution >= 0.6 is 0 Å². The van der Waals surface area contributed by atoms with E-state index < -0.39 is 5.91 Å². The fraction of sp³-hybridized carbons (Fsp3) is 0.148. The van der Waals surface area contributed by atoms with Crippen molar-refractivity contribution in [3.63, 3.8) is 0 Å². The molecule has 0 saturated carbocycles. The van der Waals surface area contributed by atoms with Crippen LogP contribution in [0.5, 0.6) is 0 Å². The minimum Gasteiger partial charge on any atom is -0.321 e. The summed E-state index contributed by atoms with van der Waals surface area (Å²) < 4.78 is 1.95. The van der Waals surface area contributed by atoms with Crippen molar-refractivity contribution in [3.8, 4) is 16.9 Å². The Morgan fingerprint density at radius 2 is 1.69 bits per heavy atom. The number of carbonyl (C=O) groups is 1. The van der Waals surface area contributed by atoms with E-state index in [9.17, 15) is 9.59 Å². The van der Waals surface area contributed by atoms with Gasteiger partial charge in [-0.05, 0) is 55.7 Å². The van der Waals surface area contributed by atoms with E-state index in [1.807, 2.05) is 86.0 Å². The number of amides is 1. The quantitative estimate of drug-likeness (QED) is 0.472. The maximum atomic E-state index is 13.6. The smallest absolute Gasteiger partial charge is 0.261 e. The van der Waals surface area contributed by atoms with Crippen LogP contribution in [0.1, 0.15) is 34.1 Å². The largest absolute Gasteiger partial charge is 0.321 e. The minimum absolute atomic E-state index is 0.107. The summed E-state index contributed by atoms with van der Waals surface area (Å²) in [4.78, 5) is 30.9. The number of para-hydroxylation sites is 2. The Labute approximate surface area is 187 Å². The number of nitrogens with zero attached hydrogens (tertiary/aromatic N) is 2. The van der Waals surface area contributed by atoms with Gasteiger partial charge in [0.15, 0.2) is 5.43 Å². The molecule has 0 bridgehead atoms. The summed E-state index contributed by atoms with van der Waals surface area (Å²) in [7, 11) is 0. The SMILES string of the molecule is CCc1cccc(C)c1NC(=O)c1c(-c2ccncc2)n(-c2ccccc2)c(C)cc1=O. The maximum absolute atomic E-state index is 13.6. The number of nitrogens with one attached hydrogen (secondary N) is 1. The molecule has 32 heavy (non-hydrogen) atoms. The standard InChI is InChI=1S/C27H25N3O2/c1-4-20-10-8-9-18(2)25(20)29-27(32)24-23(31)17-19(3)30(22-11-6-5-7-12-22)26(24)21-13-15-28-16-14-21/h5-17H,4H2,1-3H3,(H,29,32). The highest BCUT2D eigenvalue weighted by Gasteiger charge is 2.23. The average Bonchev–Trinajstić information content (AvgIpc) is 2.81. The minimum atomic E-state index is -0.421. The number of anilines is 1. The van der Waals surface area contributed by atoms with Gasteiger partial charge in [0.25, 0.3) is 5.91 Å². The number of aromatic nitrogens is 2. The maximum Gasteiger partial charge on any atom is 0.261 e. The van der Waals surface area contributed by atoms with Gasteiger partial charge in [0.05, 0.1) is 5.69 Å². The highest BCUT2D eigenvalue weighted by Crippen LogP contribution is 2.28. The number of pyridine rings is 2. The van der Waals surface area contributed by atoms with Crippen molar-refractivity contribution in [2.75, 3.05) is 5.32 Å². The highest BCUT2D eigenvalue weighted by atomic mass is 16.2. The molecule has 160 valence electrons. The summed E-state index contributed by atoms with van der Waals surface area (Å²) in [5.74, 6) is -0.421. The van der Waals surface area contributed by atoms with Gasteiger partial charge in [-0.3, -0.25) is 14.6 Å². The first-order chi connectivity index (χ1) is 15.5.